The Morgan fingerprint density at radius 1 is 1.03 bits per heavy atom. The minimum atomic E-state index is -0.342. The van der Waals surface area contributed by atoms with Gasteiger partial charge < -0.3 is 23.8 Å². The quantitative estimate of drug-likeness (QED) is 0.656. The highest BCUT2D eigenvalue weighted by Gasteiger charge is 2.25. The number of rotatable bonds is 7. The van der Waals surface area contributed by atoms with E-state index in [1.807, 2.05) is 25.1 Å². The molecule has 0 atom stereocenters. The van der Waals surface area contributed by atoms with Crippen LogP contribution in [0, 0.1) is 0 Å². The van der Waals surface area contributed by atoms with Crippen molar-refractivity contribution in [1.82, 2.24) is 14.4 Å². The summed E-state index contributed by atoms with van der Waals surface area (Å²) in [5, 5.41) is 1.03. The number of aryl methyl sites for hydroxylation is 1. The Morgan fingerprint density at radius 3 is 2.34 bits per heavy atom. The molecule has 1 saturated heterocycles. The summed E-state index contributed by atoms with van der Waals surface area (Å²) >= 11 is 0. The molecule has 0 spiro atoms. The topological polar surface area (TPSA) is 81.1 Å². The van der Waals surface area contributed by atoms with E-state index in [9.17, 15) is 14.4 Å². The van der Waals surface area contributed by atoms with Crippen LogP contribution in [0.4, 0.5) is 4.79 Å². The van der Waals surface area contributed by atoms with Gasteiger partial charge in [-0.2, -0.15) is 0 Å². The molecular formula is C24H33N3O5. The molecule has 174 valence electrons. The third-order valence-corrected chi connectivity index (χ3v) is 5.71. The van der Waals surface area contributed by atoms with Crippen molar-refractivity contribution >= 4 is 22.9 Å². The van der Waals surface area contributed by atoms with Gasteiger partial charge in [0.05, 0.1) is 12.1 Å². The number of hydrogen-bond acceptors (Lipinski definition) is 5. The summed E-state index contributed by atoms with van der Waals surface area (Å²) in [6.45, 7) is 10.6. The monoisotopic (exact) mass is 443 g/mol. The molecule has 0 bridgehead atoms. The summed E-state index contributed by atoms with van der Waals surface area (Å²) in [6.07, 6.45) is 0.503. The number of pyridine rings is 1. The van der Waals surface area contributed by atoms with Crippen molar-refractivity contribution in [2.24, 2.45) is 0 Å². The molecule has 2 amide bonds. The maximum Gasteiger partial charge on any atom is 0.409 e. The van der Waals surface area contributed by atoms with E-state index in [0.717, 1.165) is 22.9 Å². The molecular weight excluding hydrogens is 410 g/mol. The molecule has 8 heteroatoms. The molecule has 32 heavy (non-hydrogen) atoms. The van der Waals surface area contributed by atoms with Crippen LogP contribution in [0.15, 0.2) is 29.1 Å². The molecule has 3 rings (SSSR count). The summed E-state index contributed by atoms with van der Waals surface area (Å²) in [5.74, 6) is 0.653. The van der Waals surface area contributed by atoms with Crippen molar-refractivity contribution < 1.29 is 19.1 Å². The number of amides is 2. The van der Waals surface area contributed by atoms with Crippen molar-refractivity contribution in [3.8, 4) is 5.75 Å². The number of hydrogen-bond donors (Lipinski definition) is 0. The van der Waals surface area contributed by atoms with Gasteiger partial charge in [0, 0.05) is 50.2 Å². The Bertz CT molecular complexity index is 1020. The molecule has 0 unspecified atom stereocenters. The molecule has 0 N–H and O–H groups in total. The average molecular weight is 444 g/mol. The van der Waals surface area contributed by atoms with E-state index >= 15 is 0 Å². The maximum absolute atomic E-state index is 12.7. The zero-order valence-electron chi connectivity index (χ0n) is 19.4. The molecule has 1 aliphatic rings. The van der Waals surface area contributed by atoms with Gasteiger partial charge in [-0.1, -0.05) is 20.8 Å². The summed E-state index contributed by atoms with van der Waals surface area (Å²) < 4.78 is 12.6. The lowest BCUT2D eigenvalue weighted by Gasteiger charge is -2.33. The van der Waals surface area contributed by atoms with E-state index in [1.165, 1.54) is 0 Å². The standard InChI is InChI=1S/C24H33N3O5/c1-5-9-27-21-14-18(7-8-19(21)20(17(3)4)15-22(27)28)32-16-23(29)25-10-12-26(13-11-25)24(30)31-6-2/h7-8,14-15,17H,5-6,9-13,16H2,1-4H3. The second kappa shape index (κ2) is 10.5. The first-order valence-electron chi connectivity index (χ1n) is 11.4. The third kappa shape index (κ3) is 5.23. The van der Waals surface area contributed by atoms with E-state index in [4.69, 9.17) is 9.47 Å². The van der Waals surface area contributed by atoms with Gasteiger partial charge >= 0.3 is 6.09 Å². The Balaban J connectivity index is 1.70. The Morgan fingerprint density at radius 2 is 1.72 bits per heavy atom. The molecule has 2 aromatic rings. The number of benzene rings is 1. The van der Waals surface area contributed by atoms with Crippen molar-refractivity contribution in [2.45, 2.75) is 46.6 Å². The highest BCUT2D eigenvalue weighted by Crippen LogP contribution is 2.27. The smallest absolute Gasteiger partial charge is 0.409 e. The first-order valence-corrected chi connectivity index (χ1v) is 11.4. The number of carbonyl (C=O) groups excluding carboxylic acids is 2. The van der Waals surface area contributed by atoms with Crippen LogP contribution in [0.3, 0.4) is 0 Å². The van der Waals surface area contributed by atoms with Crippen LogP contribution >= 0.6 is 0 Å². The van der Waals surface area contributed by atoms with Crippen molar-refractivity contribution in [3.05, 3.63) is 40.2 Å². The zero-order chi connectivity index (χ0) is 23.3. The van der Waals surface area contributed by atoms with Crippen molar-refractivity contribution in [2.75, 3.05) is 39.4 Å². The van der Waals surface area contributed by atoms with Gasteiger partial charge in [0.1, 0.15) is 5.75 Å². The normalized spacial score (nSPS) is 14.2. The van der Waals surface area contributed by atoms with Crippen molar-refractivity contribution in [1.29, 1.82) is 0 Å². The van der Waals surface area contributed by atoms with Gasteiger partial charge in [-0.25, -0.2) is 4.79 Å². The summed E-state index contributed by atoms with van der Waals surface area (Å²) in [7, 11) is 0. The molecule has 0 aliphatic carbocycles. The van der Waals surface area contributed by atoms with Crippen LogP contribution in [0.2, 0.25) is 0 Å². The van der Waals surface area contributed by atoms with Crippen LogP contribution in [0.25, 0.3) is 10.9 Å². The van der Waals surface area contributed by atoms with Gasteiger partial charge in [-0.3, -0.25) is 9.59 Å². The van der Waals surface area contributed by atoms with Crippen molar-refractivity contribution in [3.63, 3.8) is 0 Å². The van der Waals surface area contributed by atoms with E-state index in [1.54, 1.807) is 27.4 Å². The van der Waals surface area contributed by atoms with Gasteiger partial charge in [-0.15, -0.1) is 0 Å². The fraction of sp³-hybridized carbons (Fsp3) is 0.542. The molecule has 1 aliphatic heterocycles. The van der Waals surface area contributed by atoms with Gasteiger partial charge in [0.2, 0.25) is 0 Å². The first kappa shape index (κ1) is 23.6. The number of aromatic nitrogens is 1. The number of fused-ring (bicyclic) bond motifs is 1. The SMILES string of the molecule is CCCn1c(=O)cc(C(C)C)c2ccc(OCC(=O)N3CCN(C(=O)OCC)CC3)cc21. The minimum Gasteiger partial charge on any atom is -0.484 e. The molecule has 1 aromatic heterocycles. The van der Waals surface area contributed by atoms with Gasteiger partial charge in [0.15, 0.2) is 6.61 Å². The second-order valence-corrected chi connectivity index (χ2v) is 8.28. The molecule has 1 fully saturated rings. The number of nitrogens with zero attached hydrogens (tertiary/aromatic N) is 3. The third-order valence-electron chi connectivity index (χ3n) is 5.71. The lowest BCUT2D eigenvalue weighted by molar-refractivity contribution is -0.134. The minimum absolute atomic E-state index is 0.0178. The number of carbonyl (C=O) groups is 2. The summed E-state index contributed by atoms with van der Waals surface area (Å²) in [5.41, 5.74) is 1.83. The molecule has 0 radical (unpaired) electrons. The Labute approximate surface area is 188 Å². The van der Waals surface area contributed by atoms with E-state index in [-0.39, 0.29) is 30.1 Å². The van der Waals surface area contributed by atoms with Crippen LogP contribution in [-0.2, 0) is 16.1 Å². The predicted octanol–water partition coefficient (Wildman–Crippen LogP) is 3.21. The van der Waals surface area contributed by atoms with E-state index < -0.39 is 0 Å². The van der Waals surface area contributed by atoms with Crippen LogP contribution in [-0.4, -0.2) is 65.8 Å². The number of piperazine rings is 1. The Hall–Kier alpha value is -3.03. The van der Waals surface area contributed by atoms with Crippen LogP contribution in [0.1, 0.15) is 45.6 Å². The van der Waals surface area contributed by atoms with E-state index in [2.05, 4.69) is 13.8 Å². The highest BCUT2D eigenvalue weighted by atomic mass is 16.6. The maximum atomic E-state index is 12.7. The molecule has 8 nitrogen and oxygen atoms in total. The lowest BCUT2D eigenvalue weighted by atomic mass is 9.98. The van der Waals surface area contributed by atoms with Crippen LogP contribution in [0.5, 0.6) is 5.75 Å². The van der Waals surface area contributed by atoms with Crippen LogP contribution < -0.4 is 10.3 Å². The fourth-order valence-electron chi connectivity index (χ4n) is 4.00. The molecule has 2 heterocycles. The largest absolute Gasteiger partial charge is 0.484 e. The molecule has 0 saturated carbocycles. The average Bonchev–Trinajstić information content (AvgIpc) is 2.79. The van der Waals surface area contributed by atoms with E-state index in [0.29, 0.717) is 45.1 Å². The first-order chi connectivity index (χ1) is 15.3. The van der Waals surface area contributed by atoms with Gasteiger partial charge in [0.25, 0.3) is 11.5 Å². The van der Waals surface area contributed by atoms with Gasteiger partial charge in [-0.05, 0) is 37.0 Å². The summed E-state index contributed by atoms with van der Waals surface area (Å²) in [4.78, 5) is 40.4. The fourth-order valence-corrected chi connectivity index (χ4v) is 4.00. The highest BCUT2D eigenvalue weighted by molar-refractivity contribution is 5.85. The Kier molecular flexibility index (Phi) is 7.77. The second-order valence-electron chi connectivity index (χ2n) is 8.28. The lowest BCUT2D eigenvalue weighted by Crippen LogP contribution is -2.51. The zero-order valence-corrected chi connectivity index (χ0v) is 19.4. The molecule has 1 aromatic carbocycles. The number of ether oxygens (including phenoxy) is 2. The summed E-state index contributed by atoms with van der Waals surface area (Å²) in [6, 6.07) is 7.39. The predicted molar refractivity (Wildman–Crippen MR) is 123 cm³/mol.